The Morgan fingerprint density at radius 2 is 1.86 bits per heavy atom. The van der Waals surface area contributed by atoms with Crippen molar-refractivity contribution in [3.05, 3.63) is 24.0 Å². The summed E-state index contributed by atoms with van der Waals surface area (Å²) >= 11 is 0. The van der Waals surface area contributed by atoms with Crippen molar-refractivity contribution in [1.82, 2.24) is 10.3 Å². The lowest BCUT2D eigenvalue weighted by Gasteiger charge is -2.48. The number of hydrogen-bond donors (Lipinski definition) is 1. The van der Waals surface area contributed by atoms with Crippen LogP contribution in [0, 0.1) is 0 Å². The first-order valence-corrected chi connectivity index (χ1v) is 7.87. The third-order valence-corrected chi connectivity index (χ3v) is 3.79. The molecule has 0 aliphatic carbocycles. The topological polar surface area (TPSA) is 37.4 Å². The van der Waals surface area contributed by atoms with Crippen molar-refractivity contribution in [1.29, 1.82) is 0 Å². The van der Waals surface area contributed by atoms with Gasteiger partial charge in [0.2, 0.25) is 0 Å². The van der Waals surface area contributed by atoms with Gasteiger partial charge in [-0.3, -0.25) is 4.98 Å². The third kappa shape index (κ3) is 4.17. The molecule has 0 aromatic carbocycles. The number of rotatable bonds is 4. The molecule has 1 unspecified atom stereocenters. The van der Waals surface area contributed by atoms with Crippen LogP contribution in [0.4, 0.5) is 5.69 Å². The smallest absolute Gasteiger partial charge is 0.0808 e. The number of morpholine rings is 1. The van der Waals surface area contributed by atoms with E-state index in [4.69, 9.17) is 4.74 Å². The van der Waals surface area contributed by atoms with E-state index in [2.05, 4.69) is 68.9 Å². The van der Waals surface area contributed by atoms with Gasteiger partial charge in [0.05, 0.1) is 28.8 Å². The first-order chi connectivity index (χ1) is 9.72. The molecule has 2 rings (SSSR count). The van der Waals surface area contributed by atoms with Crippen LogP contribution in [0.25, 0.3) is 0 Å². The third-order valence-electron chi connectivity index (χ3n) is 3.79. The zero-order valence-corrected chi connectivity index (χ0v) is 14.2. The van der Waals surface area contributed by atoms with Crippen molar-refractivity contribution < 1.29 is 4.74 Å². The molecule has 1 atom stereocenters. The second-order valence-electron chi connectivity index (χ2n) is 7.20. The molecule has 1 saturated heterocycles. The Kier molecular flexibility index (Phi) is 4.59. The van der Waals surface area contributed by atoms with E-state index in [1.807, 2.05) is 6.20 Å². The fourth-order valence-corrected chi connectivity index (χ4v) is 3.22. The normalized spacial score (nSPS) is 22.1. The fourth-order valence-electron chi connectivity index (χ4n) is 3.22. The van der Waals surface area contributed by atoms with Crippen molar-refractivity contribution in [2.24, 2.45) is 0 Å². The maximum Gasteiger partial charge on any atom is 0.0808 e. The van der Waals surface area contributed by atoms with Crippen LogP contribution < -0.4 is 10.2 Å². The summed E-state index contributed by atoms with van der Waals surface area (Å²) in [4.78, 5) is 7.00. The van der Waals surface area contributed by atoms with E-state index in [0.717, 1.165) is 25.3 Å². The van der Waals surface area contributed by atoms with Crippen molar-refractivity contribution in [2.75, 3.05) is 24.5 Å². The number of hydrogen-bond acceptors (Lipinski definition) is 4. The number of nitrogens with one attached hydrogen (secondary N) is 1. The Hall–Kier alpha value is -1.13. The standard InChI is InChI=1S/C17H29N3O/c1-7-18-13(2)15-9-8-14(10-19-15)20-11-16(3,4)21-17(5,6)12-20/h8-10,13,18H,7,11-12H2,1-6H3. The Bertz CT molecular complexity index is 451. The molecule has 0 bridgehead atoms. The quantitative estimate of drug-likeness (QED) is 0.924. The Morgan fingerprint density at radius 1 is 1.24 bits per heavy atom. The number of anilines is 1. The van der Waals surface area contributed by atoms with Crippen molar-refractivity contribution in [3.63, 3.8) is 0 Å². The van der Waals surface area contributed by atoms with Gasteiger partial charge >= 0.3 is 0 Å². The van der Waals surface area contributed by atoms with E-state index in [0.29, 0.717) is 6.04 Å². The van der Waals surface area contributed by atoms with Crippen molar-refractivity contribution in [2.45, 2.75) is 58.8 Å². The lowest BCUT2D eigenvalue weighted by molar-refractivity contribution is -0.133. The fraction of sp³-hybridized carbons (Fsp3) is 0.706. The van der Waals surface area contributed by atoms with Gasteiger partial charge in [-0.1, -0.05) is 6.92 Å². The van der Waals surface area contributed by atoms with E-state index >= 15 is 0 Å². The number of nitrogens with zero attached hydrogens (tertiary/aromatic N) is 2. The highest BCUT2D eigenvalue weighted by Gasteiger charge is 2.38. The first kappa shape index (κ1) is 16.2. The Balaban J connectivity index is 2.14. The maximum atomic E-state index is 6.13. The second kappa shape index (κ2) is 5.93. The van der Waals surface area contributed by atoms with Crippen molar-refractivity contribution >= 4 is 5.69 Å². The molecule has 1 aliphatic rings. The average molecular weight is 291 g/mol. The highest BCUT2D eigenvalue weighted by Crippen LogP contribution is 2.31. The SMILES string of the molecule is CCNC(C)c1ccc(N2CC(C)(C)OC(C)(C)C2)cn1. The molecule has 1 fully saturated rings. The Labute approximate surface area is 128 Å². The number of pyridine rings is 1. The van der Waals surface area contributed by atoms with Crippen LogP contribution in [0.3, 0.4) is 0 Å². The van der Waals surface area contributed by atoms with Gasteiger partial charge in [0.1, 0.15) is 0 Å². The van der Waals surface area contributed by atoms with Gasteiger partial charge in [0.25, 0.3) is 0 Å². The Morgan fingerprint density at radius 3 is 2.33 bits per heavy atom. The lowest BCUT2D eigenvalue weighted by Crippen LogP contribution is -2.57. The van der Waals surface area contributed by atoms with E-state index < -0.39 is 0 Å². The van der Waals surface area contributed by atoms with Crippen LogP contribution in [0.5, 0.6) is 0 Å². The summed E-state index contributed by atoms with van der Waals surface area (Å²) in [5, 5.41) is 3.39. The minimum atomic E-state index is -0.141. The summed E-state index contributed by atoms with van der Waals surface area (Å²) in [6.45, 7) is 15.6. The molecule has 1 aromatic heterocycles. The predicted molar refractivity (Wildman–Crippen MR) is 87.8 cm³/mol. The molecule has 0 saturated carbocycles. The predicted octanol–water partition coefficient (Wildman–Crippen LogP) is 3.15. The molecule has 0 spiro atoms. The van der Waals surface area contributed by atoms with E-state index in [1.54, 1.807) is 0 Å². The van der Waals surface area contributed by atoms with Gasteiger partial charge in [-0.2, -0.15) is 0 Å². The molecular formula is C17H29N3O. The molecule has 2 heterocycles. The van der Waals surface area contributed by atoms with Gasteiger partial charge in [0.15, 0.2) is 0 Å². The molecule has 4 heteroatoms. The monoisotopic (exact) mass is 291 g/mol. The molecule has 0 amide bonds. The molecule has 0 radical (unpaired) electrons. The zero-order chi connectivity index (χ0) is 15.7. The minimum Gasteiger partial charge on any atom is -0.366 e. The average Bonchev–Trinajstić information content (AvgIpc) is 2.35. The van der Waals surface area contributed by atoms with Gasteiger partial charge in [-0.05, 0) is 53.3 Å². The molecule has 1 aliphatic heterocycles. The number of ether oxygens (including phenoxy) is 1. The maximum absolute atomic E-state index is 6.13. The summed E-state index contributed by atoms with van der Waals surface area (Å²) in [7, 11) is 0. The molecule has 118 valence electrons. The van der Waals surface area contributed by atoms with Crippen LogP contribution in [-0.2, 0) is 4.74 Å². The van der Waals surface area contributed by atoms with Crippen LogP contribution in [0.2, 0.25) is 0 Å². The highest BCUT2D eigenvalue weighted by molar-refractivity contribution is 5.46. The van der Waals surface area contributed by atoms with Crippen LogP contribution in [-0.4, -0.2) is 35.8 Å². The zero-order valence-electron chi connectivity index (χ0n) is 14.2. The summed E-state index contributed by atoms with van der Waals surface area (Å²) in [6.07, 6.45) is 1.99. The van der Waals surface area contributed by atoms with Crippen LogP contribution >= 0.6 is 0 Å². The first-order valence-electron chi connectivity index (χ1n) is 7.87. The summed E-state index contributed by atoms with van der Waals surface area (Å²) in [5.41, 5.74) is 1.98. The van der Waals surface area contributed by atoms with Crippen LogP contribution in [0.1, 0.15) is 53.3 Å². The summed E-state index contributed by atoms with van der Waals surface area (Å²) in [5.74, 6) is 0. The number of aromatic nitrogens is 1. The second-order valence-corrected chi connectivity index (χ2v) is 7.20. The molecule has 1 aromatic rings. The molecule has 21 heavy (non-hydrogen) atoms. The van der Waals surface area contributed by atoms with Gasteiger partial charge < -0.3 is 15.0 Å². The van der Waals surface area contributed by atoms with Gasteiger partial charge in [-0.15, -0.1) is 0 Å². The van der Waals surface area contributed by atoms with Gasteiger partial charge in [-0.25, -0.2) is 0 Å². The largest absolute Gasteiger partial charge is 0.366 e. The summed E-state index contributed by atoms with van der Waals surface area (Å²) < 4.78 is 6.13. The van der Waals surface area contributed by atoms with Crippen molar-refractivity contribution in [3.8, 4) is 0 Å². The molecule has 1 N–H and O–H groups in total. The van der Waals surface area contributed by atoms with E-state index in [1.165, 1.54) is 5.69 Å². The minimum absolute atomic E-state index is 0.141. The van der Waals surface area contributed by atoms with E-state index in [9.17, 15) is 0 Å². The summed E-state index contributed by atoms with van der Waals surface area (Å²) in [6, 6.07) is 4.59. The van der Waals surface area contributed by atoms with E-state index in [-0.39, 0.29) is 11.2 Å². The highest BCUT2D eigenvalue weighted by atomic mass is 16.5. The lowest BCUT2D eigenvalue weighted by atomic mass is 9.98. The molecule has 4 nitrogen and oxygen atoms in total. The van der Waals surface area contributed by atoms with Gasteiger partial charge in [0, 0.05) is 19.1 Å². The van der Waals surface area contributed by atoms with Crippen LogP contribution in [0.15, 0.2) is 18.3 Å². The molecular weight excluding hydrogens is 262 g/mol.